The van der Waals surface area contributed by atoms with Crippen molar-refractivity contribution in [2.24, 2.45) is 0 Å². The van der Waals surface area contributed by atoms with Crippen LogP contribution in [0.3, 0.4) is 0 Å². The van der Waals surface area contributed by atoms with Crippen molar-refractivity contribution in [3.05, 3.63) is 61.1 Å². The van der Waals surface area contributed by atoms with Crippen LogP contribution in [-0.2, 0) is 0 Å². The summed E-state index contributed by atoms with van der Waals surface area (Å²) < 4.78 is 11.0. The second kappa shape index (κ2) is 9.25. The third-order valence-corrected chi connectivity index (χ3v) is 5.56. The molecule has 4 aromatic rings. The van der Waals surface area contributed by atoms with Gasteiger partial charge in [-0.15, -0.1) is 0 Å². The molecular formula is C24H24N6O3. The highest BCUT2D eigenvalue weighted by atomic mass is 16.5. The van der Waals surface area contributed by atoms with Gasteiger partial charge in [-0.3, -0.25) is 0 Å². The Labute approximate surface area is 191 Å². The van der Waals surface area contributed by atoms with Crippen LogP contribution in [0, 0.1) is 0 Å². The monoisotopic (exact) mass is 444 g/mol. The quantitative estimate of drug-likeness (QED) is 0.457. The molecule has 1 saturated heterocycles. The van der Waals surface area contributed by atoms with Crippen LogP contribution in [0.4, 0.5) is 17.6 Å². The summed E-state index contributed by atoms with van der Waals surface area (Å²) >= 11 is 0. The molecule has 0 bridgehead atoms. The summed E-state index contributed by atoms with van der Waals surface area (Å²) in [5.41, 5.74) is 2.47. The fourth-order valence-electron chi connectivity index (χ4n) is 3.79. The number of anilines is 3. The molecule has 3 heterocycles. The van der Waals surface area contributed by atoms with E-state index in [9.17, 15) is 5.11 Å². The van der Waals surface area contributed by atoms with Crippen molar-refractivity contribution in [3.63, 3.8) is 0 Å². The zero-order valence-electron chi connectivity index (χ0n) is 18.2. The van der Waals surface area contributed by atoms with Crippen LogP contribution in [-0.4, -0.2) is 51.3 Å². The van der Waals surface area contributed by atoms with Crippen LogP contribution in [0.1, 0.15) is 12.8 Å². The number of nitrogens with zero attached hydrogens (tertiary/aromatic N) is 5. The molecule has 0 aliphatic carbocycles. The van der Waals surface area contributed by atoms with Gasteiger partial charge in [0.25, 0.3) is 0 Å². The molecule has 9 nitrogen and oxygen atoms in total. The van der Waals surface area contributed by atoms with Crippen molar-refractivity contribution in [1.29, 1.82) is 0 Å². The second-order valence-electron chi connectivity index (χ2n) is 7.77. The highest BCUT2D eigenvalue weighted by molar-refractivity contribution is 5.71. The van der Waals surface area contributed by atoms with E-state index in [1.165, 1.54) is 6.39 Å². The molecule has 0 spiro atoms. The molecule has 0 saturated carbocycles. The molecular weight excluding hydrogens is 420 g/mol. The lowest BCUT2D eigenvalue weighted by Gasteiger charge is -2.29. The molecule has 9 heteroatoms. The van der Waals surface area contributed by atoms with Gasteiger partial charge in [-0.25, -0.2) is 4.98 Å². The summed E-state index contributed by atoms with van der Waals surface area (Å²) in [5.74, 6) is 2.86. The lowest BCUT2D eigenvalue weighted by Crippen LogP contribution is -2.37. The molecule has 1 aliphatic heterocycles. The second-order valence-corrected chi connectivity index (χ2v) is 7.77. The van der Waals surface area contributed by atoms with E-state index in [1.807, 2.05) is 48.5 Å². The molecule has 1 aliphatic rings. The third-order valence-electron chi connectivity index (χ3n) is 5.56. The number of methoxy groups -OCH3 is 1. The first kappa shape index (κ1) is 20.9. The van der Waals surface area contributed by atoms with Gasteiger partial charge >= 0.3 is 0 Å². The number of piperidine rings is 1. The standard InChI is InChI=1S/C24H24N6O3/c1-32-20-13-17(7-8-19(20)21-14-25-15-33-21)26-23-27-22(16-5-3-2-4-6-16)28-24(29-23)30-11-9-18(31)10-12-30/h2-8,13-15,18,31H,9-12H2,1H3,(H,26,27,28,29). The SMILES string of the molecule is COc1cc(Nc2nc(-c3ccccc3)nc(N3CCC(O)CC3)n2)ccc1-c1cnco1. The fourth-order valence-corrected chi connectivity index (χ4v) is 3.79. The minimum Gasteiger partial charge on any atom is -0.496 e. The average Bonchev–Trinajstić information content (AvgIpc) is 3.39. The number of aliphatic hydroxyl groups excluding tert-OH is 1. The highest BCUT2D eigenvalue weighted by Gasteiger charge is 2.21. The average molecular weight is 444 g/mol. The Morgan fingerprint density at radius 3 is 2.61 bits per heavy atom. The van der Waals surface area contributed by atoms with E-state index in [1.54, 1.807) is 13.3 Å². The maximum atomic E-state index is 9.88. The first-order valence-corrected chi connectivity index (χ1v) is 10.8. The van der Waals surface area contributed by atoms with Gasteiger partial charge in [0.1, 0.15) is 5.75 Å². The molecule has 2 aromatic heterocycles. The van der Waals surface area contributed by atoms with Gasteiger partial charge in [0.05, 0.1) is 25.0 Å². The van der Waals surface area contributed by atoms with Gasteiger partial charge in [0.2, 0.25) is 11.9 Å². The largest absolute Gasteiger partial charge is 0.496 e. The number of nitrogens with one attached hydrogen (secondary N) is 1. The minimum atomic E-state index is -0.274. The summed E-state index contributed by atoms with van der Waals surface area (Å²) in [4.78, 5) is 20.1. The van der Waals surface area contributed by atoms with Crippen LogP contribution in [0.5, 0.6) is 5.75 Å². The molecule has 0 unspecified atom stereocenters. The summed E-state index contributed by atoms with van der Waals surface area (Å²) in [6.45, 7) is 1.39. The van der Waals surface area contributed by atoms with Gasteiger partial charge in [0, 0.05) is 30.4 Å². The number of benzene rings is 2. The number of hydrogen-bond acceptors (Lipinski definition) is 9. The first-order valence-electron chi connectivity index (χ1n) is 10.8. The number of oxazole rings is 1. The van der Waals surface area contributed by atoms with Gasteiger partial charge < -0.3 is 24.5 Å². The smallest absolute Gasteiger partial charge is 0.232 e. The molecule has 2 N–H and O–H groups in total. The molecule has 0 radical (unpaired) electrons. The Morgan fingerprint density at radius 1 is 1.06 bits per heavy atom. The van der Waals surface area contributed by atoms with Crippen molar-refractivity contribution in [1.82, 2.24) is 19.9 Å². The van der Waals surface area contributed by atoms with Crippen molar-refractivity contribution in [2.45, 2.75) is 18.9 Å². The van der Waals surface area contributed by atoms with Crippen LogP contribution >= 0.6 is 0 Å². The van der Waals surface area contributed by atoms with E-state index in [0.29, 0.717) is 55.2 Å². The Balaban J connectivity index is 1.49. The Hall–Kier alpha value is -3.98. The van der Waals surface area contributed by atoms with Crippen molar-refractivity contribution in [2.75, 3.05) is 30.4 Å². The zero-order chi connectivity index (χ0) is 22.6. The molecule has 33 heavy (non-hydrogen) atoms. The summed E-state index contributed by atoms with van der Waals surface area (Å²) in [7, 11) is 1.61. The zero-order valence-corrected chi connectivity index (χ0v) is 18.2. The maximum Gasteiger partial charge on any atom is 0.232 e. The van der Waals surface area contributed by atoms with Crippen molar-refractivity contribution in [3.8, 4) is 28.5 Å². The molecule has 168 valence electrons. The highest BCUT2D eigenvalue weighted by Crippen LogP contribution is 2.33. The predicted octanol–water partition coefficient (Wildman–Crippen LogP) is 3.91. The molecule has 0 atom stereocenters. The number of aromatic nitrogens is 4. The topological polar surface area (TPSA) is 109 Å². The maximum absolute atomic E-state index is 9.88. The number of aliphatic hydroxyl groups is 1. The van der Waals surface area contributed by atoms with E-state index in [0.717, 1.165) is 16.8 Å². The van der Waals surface area contributed by atoms with E-state index in [2.05, 4.69) is 25.2 Å². The fraction of sp³-hybridized carbons (Fsp3) is 0.250. The number of ether oxygens (including phenoxy) is 1. The van der Waals surface area contributed by atoms with E-state index in [4.69, 9.17) is 14.1 Å². The third kappa shape index (κ3) is 4.63. The van der Waals surface area contributed by atoms with Crippen LogP contribution in [0.25, 0.3) is 22.7 Å². The number of rotatable bonds is 6. The van der Waals surface area contributed by atoms with Crippen LogP contribution in [0.2, 0.25) is 0 Å². The normalized spacial score (nSPS) is 14.3. The van der Waals surface area contributed by atoms with E-state index < -0.39 is 0 Å². The molecule has 5 rings (SSSR count). The summed E-state index contributed by atoms with van der Waals surface area (Å²) in [6, 6.07) is 15.5. The van der Waals surface area contributed by atoms with Gasteiger partial charge in [-0.05, 0) is 25.0 Å². The van der Waals surface area contributed by atoms with Crippen LogP contribution < -0.4 is 15.0 Å². The van der Waals surface area contributed by atoms with E-state index in [-0.39, 0.29) is 6.10 Å². The van der Waals surface area contributed by atoms with E-state index >= 15 is 0 Å². The van der Waals surface area contributed by atoms with Gasteiger partial charge in [-0.2, -0.15) is 15.0 Å². The molecule has 0 amide bonds. The van der Waals surface area contributed by atoms with Gasteiger partial charge in [0.15, 0.2) is 18.0 Å². The van der Waals surface area contributed by atoms with Crippen molar-refractivity contribution >= 4 is 17.6 Å². The Morgan fingerprint density at radius 2 is 1.88 bits per heavy atom. The minimum absolute atomic E-state index is 0.274. The lowest BCUT2D eigenvalue weighted by atomic mass is 10.1. The first-order chi connectivity index (χ1) is 16.2. The summed E-state index contributed by atoms with van der Waals surface area (Å²) in [5, 5.41) is 13.2. The van der Waals surface area contributed by atoms with Gasteiger partial charge in [-0.1, -0.05) is 30.3 Å². The Bertz CT molecular complexity index is 1210. The predicted molar refractivity (Wildman–Crippen MR) is 124 cm³/mol. The summed E-state index contributed by atoms with van der Waals surface area (Å²) in [6.07, 6.45) is 4.14. The van der Waals surface area contributed by atoms with Crippen molar-refractivity contribution < 1.29 is 14.3 Å². The number of hydrogen-bond donors (Lipinski definition) is 2. The molecule has 1 fully saturated rings. The lowest BCUT2D eigenvalue weighted by molar-refractivity contribution is 0.145. The Kier molecular flexibility index (Phi) is 5.86. The molecule has 2 aromatic carbocycles. The van der Waals surface area contributed by atoms with Crippen LogP contribution in [0.15, 0.2) is 65.5 Å².